The van der Waals surface area contributed by atoms with Crippen LogP contribution in [0.15, 0.2) is 58.4 Å². The number of rotatable bonds is 5. The molecule has 0 aliphatic carbocycles. The average Bonchev–Trinajstić information content (AvgIpc) is 2.98. The van der Waals surface area contributed by atoms with E-state index in [-0.39, 0.29) is 5.91 Å². The van der Waals surface area contributed by atoms with Crippen molar-refractivity contribution in [1.82, 2.24) is 5.32 Å². The van der Waals surface area contributed by atoms with Crippen LogP contribution in [0.2, 0.25) is 5.02 Å². The molecule has 3 rings (SSSR count). The number of nitrogens with zero attached hydrogens (tertiary/aromatic N) is 2. The molecule has 0 unspecified atom stereocenters. The van der Waals surface area contributed by atoms with Crippen LogP contribution in [-0.2, 0) is 4.79 Å². The highest BCUT2D eigenvalue weighted by Gasteiger charge is 2.23. The number of carbonyl (C=O) groups excluding carboxylic acids is 1. The maximum Gasteiger partial charge on any atom is 0.264 e. The molecule has 0 atom stereocenters. The Bertz CT molecular complexity index is 840. The maximum atomic E-state index is 12.2. The number of anilines is 1. The summed E-state index contributed by atoms with van der Waals surface area (Å²) in [7, 11) is 0. The Morgan fingerprint density at radius 2 is 1.73 bits per heavy atom. The Hall–Kier alpha value is -2.24. The fourth-order valence-electron chi connectivity index (χ4n) is 2.63. The van der Waals surface area contributed by atoms with E-state index in [9.17, 15) is 4.79 Å². The lowest BCUT2D eigenvalue weighted by atomic mass is 10.2. The lowest BCUT2D eigenvalue weighted by Gasteiger charge is -2.20. The number of hydrogen-bond acceptors (Lipinski definition) is 4. The van der Waals surface area contributed by atoms with Gasteiger partial charge >= 0.3 is 0 Å². The number of benzene rings is 2. The zero-order valence-electron chi connectivity index (χ0n) is 14.7. The zero-order valence-corrected chi connectivity index (χ0v) is 16.3. The first-order valence-electron chi connectivity index (χ1n) is 8.49. The number of carbonyl (C=O) groups is 1. The molecule has 0 saturated carbocycles. The molecule has 1 aliphatic heterocycles. The predicted octanol–water partition coefficient (Wildman–Crippen LogP) is 5.08. The highest BCUT2D eigenvalue weighted by atomic mass is 35.5. The Kier molecular flexibility index (Phi) is 6.01. The first-order valence-corrected chi connectivity index (χ1v) is 9.68. The molecule has 1 saturated heterocycles. The second-order valence-corrected chi connectivity index (χ2v) is 7.19. The summed E-state index contributed by atoms with van der Waals surface area (Å²) in [6.45, 7) is 6.22. The van der Waals surface area contributed by atoms with E-state index in [1.807, 2.05) is 30.3 Å². The summed E-state index contributed by atoms with van der Waals surface area (Å²) in [4.78, 5) is 19.5. The first kappa shape index (κ1) is 18.5. The molecular weight excluding hydrogens is 366 g/mol. The summed E-state index contributed by atoms with van der Waals surface area (Å²) in [6, 6.07) is 15.4. The van der Waals surface area contributed by atoms with Gasteiger partial charge in [0.1, 0.15) is 0 Å². The normalized spacial score (nSPS) is 17.0. The van der Waals surface area contributed by atoms with Crippen molar-refractivity contribution in [2.24, 2.45) is 4.99 Å². The van der Waals surface area contributed by atoms with Gasteiger partial charge in [-0.3, -0.25) is 4.79 Å². The topological polar surface area (TPSA) is 44.7 Å². The van der Waals surface area contributed by atoms with Crippen LogP contribution in [0, 0.1) is 0 Å². The van der Waals surface area contributed by atoms with Crippen molar-refractivity contribution in [1.29, 1.82) is 0 Å². The number of thioether (sulfide) groups is 1. The Morgan fingerprint density at radius 3 is 2.35 bits per heavy atom. The molecule has 134 valence electrons. The van der Waals surface area contributed by atoms with Crippen LogP contribution in [0.3, 0.4) is 0 Å². The zero-order chi connectivity index (χ0) is 18.5. The van der Waals surface area contributed by atoms with Gasteiger partial charge in [0.15, 0.2) is 5.17 Å². The summed E-state index contributed by atoms with van der Waals surface area (Å²) in [5, 5.41) is 4.03. The van der Waals surface area contributed by atoms with Gasteiger partial charge in [0.05, 0.1) is 10.6 Å². The molecular formula is C20H20ClN3OS. The van der Waals surface area contributed by atoms with E-state index in [1.165, 1.54) is 17.4 Å². The van der Waals surface area contributed by atoms with Gasteiger partial charge in [0.25, 0.3) is 5.91 Å². The van der Waals surface area contributed by atoms with Crippen molar-refractivity contribution >= 4 is 51.9 Å². The van der Waals surface area contributed by atoms with E-state index >= 15 is 0 Å². The number of nitrogens with one attached hydrogen (secondary N) is 1. The molecule has 4 nitrogen and oxygen atoms in total. The minimum Gasteiger partial charge on any atom is -0.372 e. The molecule has 0 spiro atoms. The largest absolute Gasteiger partial charge is 0.372 e. The number of amides is 1. The third-order valence-corrected chi connectivity index (χ3v) is 5.19. The molecule has 0 radical (unpaired) electrons. The number of halogens is 1. The number of amidine groups is 1. The molecule has 1 N–H and O–H groups in total. The minimum absolute atomic E-state index is 0.129. The Balaban J connectivity index is 1.75. The highest BCUT2D eigenvalue weighted by Crippen LogP contribution is 2.29. The van der Waals surface area contributed by atoms with Gasteiger partial charge < -0.3 is 10.2 Å². The molecule has 1 fully saturated rings. The first-order chi connectivity index (χ1) is 12.6. The van der Waals surface area contributed by atoms with Crippen molar-refractivity contribution in [2.45, 2.75) is 13.8 Å². The van der Waals surface area contributed by atoms with Crippen LogP contribution in [0.5, 0.6) is 0 Å². The average molecular weight is 386 g/mol. The maximum absolute atomic E-state index is 12.2. The van der Waals surface area contributed by atoms with E-state index in [1.54, 1.807) is 12.1 Å². The van der Waals surface area contributed by atoms with Gasteiger partial charge in [-0.1, -0.05) is 23.7 Å². The van der Waals surface area contributed by atoms with Crippen molar-refractivity contribution in [2.75, 3.05) is 18.0 Å². The van der Waals surface area contributed by atoms with E-state index < -0.39 is 0 Å². The fourth-order valence-corrected chi connectivity index (χ4v) is 3.60. The fraction of sp³-hybridized carbons (Fsp3) is 0.200. The summed E-state index contributed by atoms with van der Waals surface area (Å²) in [6.07, 6.45) is 1.89. The van der Waals surface area contributed by atoms with E-state index in [0.29, 0.717) is 15.1 Å². The van der Waals surface area contributed by atoms with Gasteiger partial charge in [-0.25, -0.2) is 4.99 Å². The second-order valence-electron chi connectivity index (χ2n) is 5.72. The number of hydrogen-bond donors (Lipinski definition) is 1. The van der Waals surface area contributed by atoms with Crippen LogP contribution in [0.4, 0.5) is 11.4 Å². The monoisotopic (exact) mass is 385 g/mol. The summed E-state index contributed by atoms with van der Waals surface area (Å²) < 4.78 is 0. The summed E-state index contributed by atoms with van der Waals surface area (Å²) in [5.41, 5.74) is 2.93. The third kappa shape index (κ3) is 4.48. The van der Waals surface area contributed by atoms with Gasteiger partial charge in [-0.15, -0.1) is 0 Å². The molecule has 0 aromatic heterocycles. The Morgan fingerprint density at radius 1 is 1.08 bits per heavy atom. The van der Waals surface area contributed by atoms with Crippen molar-refractivity contribution in [3.05, 3.63) is 64.0 Å². The van der Waals surface area contributed by atoms with Gasteiger partial charge in [-0.05, 0) is 73.6 Å². The highest BCUT2D eigenvalue weighted by molar-refractivity contribution is 8.18. The lowest BCUT2D eigenvalue weighted by Crippen LogP contribution is -2.21. The van der Waals surface area contributed by atoms with Crippen LogP contribution in [-0.4, -0.2) is 24.2 Å². The van der Waals surface area contributed by atoms with Crippen molar-refractivity contribution in [3.8, 4) is 0 Å². The molecule has 26 heavy (non-hydrogen) atoms. The standard InChI is InChI=1S/C20H20ClN3OS/c1-3-24(4-2)17-11-5-14(6-12-17)13-18-19(25)23-20(26-18)22-16-9-7-15(21)8-10-16/h5-13H,3-4H2,1-2H3,(H,22,23,25)/b18-13+. The predicted molar refractivity (Wildman–Crippen MR) is 112 cm³/mol. The molecule has 6 heteroatoms. The molecule has 2 aromatic carbocycles. The second kappa shape index (κ2) is 8.43. The Labute approximate surface area is 163 Å². The van der Waals surface area contributed by atoms with Gasteiger partial charge in [0.2, 0.25) is 0 Å². The third-order valence-electron chi connectivity index (χ3n) is 4.03. The minimum atomic E-state index is -0.129. The molecule has 1 heterocycles. The van der Waals surface area contributed by atoms with E-state index in [0.717, 1.165) is 24.3 Å². The van der Waals surface area contributed by atoms with E-state index in [4.69, 9.17) is 11.6 Å². The van der Waals surface area contributed by atoms with Gasteiger partial charge in [-0.2, -0.15) is 0 Å². The summed E-state index contributed by atoms with van der Waals surface area (Å²) >= 11 is 7.22. The SMILES string of the molecule is CCN(CC)c1ccc(/C=C2/SC(=Nc3ccc(Cl)cc3)NC2=O)cc1. The lowest BCUT2D eigenvalue weighted by molar-refractivity contribution is -0.115. The quantitative estimate of drug-likeness (QED) is 0.730. The van der Waals surface area contributed by atoms with Crippen molar-refractivity contribution < 1.29 is 4.79 Å². The van der Waals surface area contributed by atoms with Crippen molar-refractivity contribution in [3.63, 3.8) is 0 Å². The molecule has 1 amide bonds. The van der Waals surface area contributed by atoms with Gasteiger partial charge in [0, 0.05) is 23.8 Å². The number of aliphatic imine (C=N–C) groups is 1. The van der Waals surface area contributed by atoms with Crippen LogP contribution < -0.4 is 10.2 Å². The van der Waals surface area contributed by atoms with Crippen LogP contribution in [0.1, 0.15) is 19.4 Å². The summed E-state index contributed by atoms with van der Waals surface area (Å²) in [5.74, 6) is -0.129. The van der Waals surface area contributed by atoms with E-state index in [2.05, 4.69) is 41.2 Å². The van der Waals surface area contributed by atoms with Crippen LogP contribution >= 0.6 is 23.4 Å². The van der Waals surface area contributed by atoms with Crippen LogP contribution in [0.25, 0.3) is 6.08 Å². The molecule has 0 bridgehead atoms. The molecule has 2 aromatic rings. The molecule has 1 aliphatic rings. The smallest absolute Gasteiger partial charge is 0.264 e.